The van der Waals surface area contributed by atoms with E-state index < -0.39 is 0 Å². The van der Waals surface area contributed by atoms with E-state index in [1.807, 2.05) is 24.3 Å². The standard InChI is InChI=1S/C10H13NO2/c11-8-13-10(12)7-6-9-4-2-1-3-5-9/h1-4,6-7,9H,5,8,11H2/b7-6+. The average Bonchev–Trinajstić information content (AvgIpc) is 2.17. The fraction of sp³-hybridized carbons (Fsp3) is 0.300. The van der Waals surface area contributed by atoms with Crippen LogP contribution in [0.3, 0.4) is 0 Å². The van der Waals surface area contributed by atoms with Crippen molar-refractivity contribution in [1.82, 2.24) is 0 Å². The van der Waals surface area contributed by atoms with Crippen molar-refractivity contribution < 1.29 is 9.53 Å². The maximum absolute atomic E-state index is 10.9. The minimum atomic E-state index is -0.384. The van der Waals surface area contributed by atoms with Crippen molar-refractivity contribution in [3.63, 3.8) is 0 Å². The Labute approximate surface area is 77.6 Å². The molecule has 0 fully saturated rings. The lowest BCUT2D eigenvalue weighted by Crippen LogP contribution is -2.09. The van der Waals surface area contributed by atoms with Gasteiger partial charge in [0.15, 0.2) is 0 Å². The van der Waals surface area contributed by atoms with Crippen LogP contribution >= 0.6 is 0 Å². The van der Waals surface area contributed by atoms with Gasteiger partial charge in [0, 0.05) is 6.08 Å². The number of allylic oxidation sites excluding steroid dienone is 5. The molecule has 3 heteroatoms. The molecule has 1 rings (SSSR count). The SMILES string of the molecule is NCOC(=O)/C=C/C1C=CC=CC1. The maximum atomic E-state index is 10.9. The largest absolute Gasteiger partial charge is 0.447 e. The lowest BCUT2D eigenvalue weighted by atomic mass is 10.0. The summed E-state index contributed by atoms with van der Waals surface area (Å²) in [4.78, 5) is 10.9. The summed E-state index contributed by atoms with van der Waals surface area (Å²) in [7, 11) is 0. The van der Waals surface area contributed by atoms with Crippen LogP contribution in [0.1, 0.15) is 6.42 Å². The molecule has 13 heavy (non-hydrogen) atoms. The van der Waals surface area contributed by atoms with Crippen molar-refractivity contribution in [2.45, 2.75) is 6.42 Å². The second-order valence-corrected chi connectivity index (χ2v) is 2.70. The van der Waals surface area contributed by atoms with E-state index >= 15 is 0 Å². The second kappa shape index (κ2) is 5.32. The van der Waals surface area contributed by atoms with E-state index in [-0.39, 0.29) is 12.7 Å². The van der Waals surface area contributed by atoms with Gasteiger partial charge in [-0.3, -0.25) is 5.73 Å². The first-order valence-electron chi connectivity index (χ1n) is 4.21. The summed E-state index contributed by atoms with van der Waals surface area (Å²) >= 11 is 0. The molecule has 1 aliphatic rings. The molecule has 2 N–H and O–H groups in total. The molecule has 0 heterocycles. The number of esters is 1. The van der Waals surface area contributed by atoms with Gasteiger partial charge in [0.2, 0.25) is 0 Å². The van der Waals surface area contributed by atoms with Crippen molar-refractivity contribution in [2.75, 3.05) is 6.73 Å². The van der Waals surface area contributed by atoms with Crippen molar-refractivity contribution in [1.29, 1.82) is 0 Å². The molecule has 0 aromatic carbocycles. The summed E-state index contributed by atoms with van der Waals surface area (Å²) in [5.41, 5.74) is 5.04. The first-order chi connectivity index (χ1) is 6.33. The van der Waals surface area contributed by atoms with Gasteiger partial charge < -0.3 is 4.74 Å². The van der Waals surface area contributed by atoms with Crippen LogP contribution in [0.2, 0.25) is 0 Å². The van der Waals surface area contributed by atoms with Gasteiger partial charge in [-0.2, -0.15) is 0 Å². The lowest BCUT2D eigenvalue weighted by molar-refractivity contribution is -0.137. The Morgan fingerprint density at radius 3 is 3.08 bits per heavy atom. The Bertz CT molecular complexity index is 254. The normalized spacial score (nSPS) is 20.8. The van der Waals surface area contributed by atoms with Gasteiger partial charge in [-0.1, -0.05) is 30.4 Å². The third-order valence-corrected chi connectivity index (χ3v) is 1.72. The first kappa shape index (κ1) is 9.74. The monoisotopic (exact) mass is 179 g/mol. The Kier molecular flexibility index (Phi) is 3.99. The zero-order chi connectivity index (χ0) is 9.52. The zero-order valence-electron chi connectivity index (χ0n) is 7.35. The van der Waals surface area contributed by atoms with Crippen LogP contribution in [0.5, 0.6) is 0 Å². The van der Waals surface area contributed by atoms with Crippen molar-refractivity contribution >= 4 is 5.97 Å². The number of carbonyl (C=O) groups excluding carboxylic acids is 1. The smallest absolute Gasteiger partial charge is 0.331 e. The third kappa shape index (κ3) is 3.71. The highest BCUT2D eigenvalue weighted by Gasteiger charge is 2.01. The molecule has 0 bridgehead atoms. The number of rotatable bonds is 3. The van der Waals surface area contributed by atoms with Gasteiger partial charge in [-0.05, 0) is 12.3 Å². The number of nitrogens with two attached hydrogens (primary N) is 1. The predicted molar refractivity (Wildman–Crippen MR) is 50.7 cm³/mol. The van der Waals surface area contributed by atoms with Gasteiger partial charge in [-0.15, -0.1) is 0 Å². The molecule has 0 aromatic heterocycles. The minimum absolute atomic E-state index is 0.0659. The average molecular weight is 179 g/mol. The molecule has 3 nitrogen and oxygen atoms in total. The Morgan fingerprint density at radius 2 is 2.46 bits per heavy atom. The quantitative estimate of drug-likeness (QED) is 0.401. The van der Waals surface area contributed by atoms with E-state index in [1.165, 1.54) is 6.08 Å². The summed E-state index contributed by atoms with van der Waals surface area (Å²) < 4.78 is 4.54. The molecular weight excluding hydrogens is 166 g/mol. The molecular formula is C10H13NO2. The molecule has 1 unspecified atom stereocenters. The summed E-state index contributed by atoms with van der Waals surface area (Å²) in [5.74, 6) is -0.0826. The van der Waals surface area contributed by atoms with Crippen LogP contribution in [0.25, 0.3) is 0 Å². The van der Waals surface area contributed by atoms with E-state index in [9.17, 15) is 4.79 Å². The molecule has 70 valence electrons. The molecule has 0 aliphatic heterocycles. The number of hydrogen-bond acceptors (Lipinski definition) is 3. The molecule has 0 saturated carbocycles. The maximum Gasteiger partial charge on any atom is 0.331 e. The number of hydrogen-bond donors (Lipinski definition) is 1. The van der Waals surface area contributed by atoms with E-state index in [0.717, 1.165) is 6.42 Å². The van der Waals surface area contributed by atoms with Crippen LogP contribution in [-0.4, -0.2) is 12.7 Å². The van der Waals surface area contributed by atoms with Crippen molar-refractivity contribution in [2.24, 2.45) is 11.7 Å². The van der Waals surface area contributed by atoms with Crippen molar-refractivity contribution in [3.8, 4) is 0 Å². The fourth-order valence-electron chi connectivity index (χ4n) is 1.07. The van der Waals surface area contributed by atoms with E-state index in [2.05, 4.69) is 10.8 Å². The molecule has 0 radical (unpaired) electrons. The summed E-state index contributed by atoms with van der Waals surface area (Å²) in [5, 5.41) is 0. The van der Waals surface area contributed by atoms with Crippen LogP contribution < -0.4 is 5.73 Å². The molecule has 0 amide bonds. The zero-order valence-corrected chi connectivity index (χ0v) is 7.35. The molecule has 0 saturated heterocycles. The van der Waals surface area contributed by atoms with Crippen LogP contribution in [0.15, 0.2) is 36.5 Å². The molecule has 0 aromatic rings. The summed E-state index contributed by atoms with van der Waals surface area (Å²) in [6.45, 7) is -0.0659. The van der Waals surface area contributed by atoms with Gasteiger partial charge in [0.25, 0.3) is 0 Å². The minimum Gasteiger partial charge on any atom is -0.447 e. The van der Waals surface area contributed by atoms with E-state index in [0.29, 0.717) is 5.92 Å². The highest BCUT2D eigenvalue weighted by molar-refractivity contribution is 5.81. The van der Waals surface area contributed by atoms with Crippen molar-refractivity contribution in [3.05, 3.63) is 36.5 Å². The number of ether oxygens (including phenoxy) is 1. The highest BCUT2D eigenvalue weighted by Crippen LogP contribution is 2.12. The predicted octanol–water partition coefficient (Wildman–Crippen LogP) is 1.13. The van der Waals surface area contributed by atoms with Gasteiger partial charge in [-0.25, -0.2) is 4.79 Å². The molecule has 0 spiro atoms. The Hall–Kier alpha value is -1.35. The first-order valence-corrected chi connectivity index (χ1v) is 4.21. The van der Waals surface area contributed by atoms with E-state index in [1.54, 1.807) is 0 Å². The summed E-state index contributed by atoms with van der Waals surface area (Å²) in [6.07, 6.45) is 12.2. The third-order valence-electron chi connectivity index (χ3n) is 1.72. The Morgan fingerprint density at radius 1 is 1.62 bits per heavy atom. The van der Waals surface area contributed by atoms with Gasteiger partial charge in [0.05, 0.1) is 0 Å². The number of carbonyl (C=O) groups is 1. The van der Waals surface area contributed by atoms with Crippen LogP contribution in [0.4, 0.5) is 0 Å². The highest BCUT2D eigenvalue weighted by atomic mass is 16.5. The van der Waals surface area contributed by atoms with Crippen LogP contribution in [-0.2, 0) is 9.53 Å². The fourth-order valence-corrected chi connectivity index (χ4v) is 1.07. The van der Waals surface area contributed by atoms with Gasteiger partial charge >= 0.3 is 5.97 Å². The van der Waals surface area contributed by atoms with Crippen LogP contribution in [0, 0.1) is 5.92 Å². The Balaban J connectivity index is 2.35. The topological polar surface area (TPSA) is 52.3 Å². The summed E-state index contributed by atoms with van der Waals surface area (Å²) in [6, 6.07) is 0. The molecule has 1 aliphatic carbocycles. The molecule has 1 atom stereocenters. The van der Waals surface area contributed by atoms with Gasteiger partial charge in [0.1, 0.15) is 6.73 Å². The van der Waals surface area contributed by atoms with E-state index in [4.69, 9.17) is 5.73 Å². The lowest BCUT2D eigenvalue weighted by Gasteiger charge is -2.06. The second-order valence-electron chi connectivity index (χ2n) is 2.70.